The summed E-state index contributed by atoms with van der Waals surface area (Å²) in [6, 6.07) is 9.75. The van der Waals surface area contributed by atoms with Crippen LogP contribution in [0.2, 0.25) is 0 Å². The van der Waals surface area contributed by atoms with Crippen LogP contribution in [0.3, 0.4) is 0 Å². The summed E-state index contributed by atoms with van der Waals surface area (Å²) in [5.41, 5.74) is 1.09. The third kappa shape index (κ3) is 9.54. The maximum Gasteiger partial charge on any atom is 0.337 e. The van der Waals surface area contributed by atoms with Gasteiger partial charge in [-0.05, 0) is 68.8 Å². The van der Waals surface area contributed by atoms with Crippen LogP contribution in [0.4, 0.5) is 0 Å². The van der Waals surface area contributed by atoms with Crippen LogP contribution in [0.15, 0.2) is 42.5 Å². The number of esters is 1. The number of hydrogen-bond donors (Lipinski definition) is 5. The molecule has 6 atom stereocenters. The third-order valence-corrected chi connectivity index (χ3v) is 6.51. The lowest BCUT2D eigenvalue weighted by Crippen LogP contribution is -2.32. The number of allylic oxidation sites excluding steroid dienone is 2. The Labute approximate surface area is 200 Å². The zero-order valence-electron chi connectivity index (χ0n) is 19.5. The van der Waals surface area contributed by atoms with Gasteiger partial charge in [-0.2, -0.15) is 0 Å². The van der Waals surface area contributed by atoms with E-state index in [0.29, 0.717) is 51.4 Å². The zero-order chi connectivity index (χ0) is 24.9. The second kappa shape index (κ2) is 14.9. The summed E-state index contributed by atoms with van der Waals surface area (Å²) in [5, 5.41) is 48.3. The van der Waals surface area contributed by atoms with Crippen molar-refractivity contribution in [1.29, 1.82) is 0 Å². The number of carboxylic acid groups (broad SMARTS) is 1. The first kappa shape index (κ1) is 28.0. The van der Waals surface area contributed by atoms with Gasteiger partial charge in [-0.25, -0.2) is 4.79 Å². The summed E-state index contributed by atoms with van der Waals surface area (Å²) in [4.78, 5) is 22.7. The van der Waals surface area contributed by atoms with Gasteiger partial charge in [0.1, 0.15) is 6.10 Å². The number of rotatable bonds is 15. The Hall–Kier alpha value is -2.26. The number of ether oxygens (including phenoxy) is 1. The Morgan fingerprint density at radius 3 is 2.44 bits per heavy atom. The topological polar surface area (TPSA) is 145 Å². The molecule has 1 aromatic carbocycles. The van der Waals surface area contributed by atoms with Gasteiger partial charge >= 0.3 is 11.9 Å². The summed E-state index contributed by atoms with van der Waals surface area (Å²) in [5.74, 6) is -2.00. The minimum atomic E-state index is -1.59. The fraction of sp³-hybridized carbons (Fsp3) is 0.615. The number of unbranched alkanes of at least 4 members (excludes halogenated alkanes) is 1. The van der Waals surface area contributed by atoms with Crippen molar-refractivity contribution in [2.45, 2.75) is 82.2 Å². The number of carboxylic acids is 1. The van der Waals surface area contributed by atoms with Crippen LogP contribution in [0.1, 0.15) is 56.9 Å². The number of benzene rings is 1. The number of aryl methyl sites for hydroxylation is 1. The quantitative estimate of drug-likeness (QED) is 0.147. The van der Waals surface area contributed by atoms with Crippen LogP contribution < -0.4 is 0 Å². The van der Waals surface area contributed by atoms with Crippen molar-refractivity contribution < 1.29 is 39.9 Å². The minimum Gasteiger partial charge on any atom is -0.481 e. The first-order valence-corrected chi connectivity index (χ1v) is 12.1. The van der Waals surface area contributed by atoms with E-state index in [0.717, 1.165) is 5.56 Å². The predicted molar refractivity (Wildman–Crippen MR) is 126 cm³/mol. The summed E-state index contributed by atoms with van der Waals surface area (Å²) >= 11 is 0. The van der Waals surface area contributed by atoms with E-state index in [9.17, 15) is 24.9 Å². The van der Waals surface area contributed by atoms with E-state index in [1.807, 2.05) is 42.5 Å². The number of carbonyl (C=O) groups excluding carboxylic acids is 1. The molecule has 8 heteroatoms. The summed E-state index contributed by atoms with van der Waals surface area (Å²) < 4.78 is 5.47. The molecule has 0 aliphatic heterocycles. The van der Waals surface area contributed by atoms with E-state index in [-0.39, 0.29) is 18.3 Å². The molecule has 2 rings (SSSR count). The molecular weight excluding hydrogens is 440 g/mol. The average molecular weight is 479 g/mol. The van der Waals surface area contributed by atoms with Crippen LogP contribution >= 0.6 is 0 Å². The Morgan fingerprint density at radius 2 is 1.76 bits per heavy atom. The highest BCUT2D eigenvalue weighted by Crippen LogP contribution is 2.38. The summed E-state index contributed by atoms with van der Waals surface area (Å²) in [6.07, 6.45) is 4.87. The highest BCUT2D eigenvalue weighted by molar-refractivity contribution is 5.74. The molecule has 1 aromatic rings. The molecule has 34 heavy (non-hydrogen) atoms. The molecule has 5 N–H and O–H groups in total. The second-order valence-corrected chi connectivity index (χ2v) is 9.05. The SMILES string of the molecule is O=C(O)CCCC=CC[C@@H]1[C@@H](CC[C@H](CCc2ccccc2)OC(=O)C(O)CO)[C@H](O)C[C@@H]1O. The maximum absolute atomic E-state index is 12.1. The van der Waals surface area contributed by atoms with Crippen molar-refractivity contribution in [3.05, 3.63) is 48.0 Å². The molecule has 8 nitrogen and oxygen atoms in total. The molecule has 0 bridgehead atoms. The number of aliphatic carboxylic acids is 1. The Morgan fingerprint density at radius 1 is 1.06 bits per heavy atom. The van der Waals surface area contributed by atoms with Crippen molar-refractivity contribution in [3.8, 4) is 0 Å². The van der Waals surface area contributed by atoms with E-state index in [4.69, 9.17) is 14.9 Å². The van der Waals surface area contributed by atoms with E-state index in [2.05, 4.69) is 0 Å². The van der Waals surface area contributed by atoms with Crippen LogP contribution in [0, 0.1) is 11.8 Å². The van der Waals surface area contributed by atoms with Crippen molar-refractivity contribution >= 4 is 11.9 Å². The van der Waals surface area contributed by atoms with Crippen molar-refractivity contribution in [2.24, 2.45) is 11.8 Å². The number of hydrogen-bond acceptors (Lipinski definition) is 7. The Kier molecular flexibility index (Phi) is 12.2. The van der Waals surface area contributed by atoms with Crippen molar-refractivity contribution in [2.75, 3.05) is 6.61 Å². The third-order valence-electron chi connectivity index (χ3n) is 6.51. The largest absolute Gasteiger partial charge is 0.481 e. The Balaban J connectivity index is 1.94. The molecular formula is C26H38O8. The lowest BCUT2D eigenvalue weighted by Gasteiger charge is -2.25. The average Bonchev–Trinajstić information content (AvgIpc) is 3.09. The van der Waals surface area contributed by atoms with E-state index in [1.54, 1.807) is 0 Å². The van der Waals surface area contributed by atoms with Gasteiger partial charge in [0.15, 0.2) is 6.10 Å². The van der Waals surface area contributed by atoms with Crippen LogP contribution in [-0.4, -0.2) is 68.5 Å². The molecule has 190 valence electrons. The van der Waals surface area contributed by atoms with Gasteiger partial charge < -0.3 is 30.3 Å². The molecule has 1 aliphatic rings. The lowest BCUT2D eigenvalue weighted by atomic mass is 9.85. The van der Waals surface area contributed by atoms with Crippen LogP contribution in [0.5, 0.6) is 0 Å². The molecule has 1 aliphatic carbocycles. The molecule has 1 unspecified atom stereocenters. The Bertz CT molecular complexity index is 765. The van der Waals surface area contributed by atoms with Gasteiger partial charge in [-0.15, -0.1) is 0 Å². The molecule has 0 heterocycles. The van der Waals surface area contributed by atoms with E-state index >= 15 is 0 Å². The summed E-state index contributed by atoms with van der Waals surface area (Å²) in [6.45, 7) is -0.710. The van der Waals surface area contributed by atoms with E-state index < -0.39 is 43.0 Å². The van der Waals surface area contributed by atoms with Crippen molar-refractivity contribution in [1.82, 2.24) is 0 Å². The number of carbonyl (C=O) groups is 2. The monoisotopic (exact) mass is 478 g/mol. The zero-order valence-corrected chi connectivity index (χ0v) is 19.5. The highest BCUT2D eigenvalue weighted by Gasteiger charge is 2.41. The fourth-order valence-corrected chi connectivity index (χ4v) is 4.58. The number of aliphatic hydroxyl groups excluding tert-OH is 4. The fourth-order valence-electron chi connectivity index (χ4n) is 4.58. The maximum atomic E-state index is 12.1. The van der Waals surface area contributed by atoms with E-state index in [1.165, 1.54) is 0 Å². The molecule has 0 amide bonds. The molecule has 0 radical (unpaired) electrons. The molecule has 0 spiro atoms. The van der Waals surface area contributed by atoms with Gasteiger partial charge in [0.25, 0.3) is 0 Å². The highest BCUT2D eigenvalue weighted by atomic mass is 16.6. The van der Waals surface area contributed by atoms with Crippen LogP contribution in [-0.2, 0) is 20.7 Å². The van der Waals surface area contributed by atoms with Gasteiger partial charge in [0.05, 0.1) is 18.8 Å². The minimum absolute atomic E-state index is 0.117. The molecule has 0 saturated heterocycles. The molecule has 1 fully saturated rings. The van der Waals surface area contributed by atoms with Gasteiger partial charge in [-0.3, -0.25) is 4.79 Å². The first-order chi connectivity index (χ1) is 16.3. The van der Waals surface area contributed by atoms with Gasteiger partial charge in [0.2, 0.25) is 0 Å². The standard InChI is InChI=1S/C26H38O8/c27-17-24(30)26(33)34-19(13-12-18-8-4-3-5-9-18)14-15-21-20(22(28)16-23(21)29)10-6-1-2-7-11-25(31)32/h1,3-6,8-9,19-24,27-30H,2,7,10-17H2,(H,31,32)/t19-,20+,21+,22-,23+,24?/m0/s1. The molecule has 0 aromatic heterocycles. The lowest BCUT2D eigenvalue weighted by molar-refractivity contribution is -0.162. The summed E-state index contributed by atoms with van der Waals surface area (Å²) in [7, 11) is 0. The predicted octanol–water partition coefficient (Wildman–Crippen LogP) is 2.22. The normalized spacial score (nSPS) is 24.2. The second-order valence-electron chi connectivity index (χ2n) is 9.05. The van der Waals surface area contributed by atoms with Crippen molar-refractivity contribution in [3.63, 3.8) is 0 Å². The van der Waals surface area contributed by atoms with Gasteiger partial charge in [0, 0.05) is 6.42 Å². The van der Waals surface area contributed by atoms with Crippen LogP contribution in [0.25, 0.3) is 0 Å². The first-order valence-electron chi connectivity index (χ1n) is 12.1. The number of aliphatic hydroxyl groups is 4. The smallest absolute Gasteiger partial charge is 0.337 e. The van der Waals surface area contributed by atoms with Gasteiger partial charge in [-0.1, -0.05) is 42.5 Å². The molecule has 1 saturated carbocycles.